The Labute approximate surface area is 133 Å². The lowest BCUT2D eigenvalue weighted by atomic mass is 9.49. The zero-order valence-electron chi connectivity index (χ0n) is 14.0. The maximum atomic E-state index is 13.3. The molecular formula is C18H29NO3. The van der Waals surface area contributed by atoms with Gasteiger partial charge in [-0.3, -0.25) is 9.59 Å². The van der Waals surface area contributed by atoms with Gasteiger partial charge < -0.3 is 9.64 Å². The summed E-state index contributed by atoms with van der Waals surface area (Å²) >= 11 is 0. The number of carbonyl (C=O) groups excluding carboxylic acids is 2. The predicted octanol–water partition coefficient (Wildman–Crippen LogP) is 3.00. The highest BCUT2D eigenvalue weighted by atomic mass is 16.5. The molecule has 0 atom stereocenters. The van der Waals surface area contributed by atoms with Crippen LogP contribution in [-0.2, 0) is 14.3 Å². The molecule has 4 nitrogen and oxygen atoms in total. The average Bonchev–Trinajstić information content (AvgIpc) is 2.49. The van der Waals surface area contributed by atoms with Gasteiger partial charge in [-0.1, -0.05) is 6.92 Å². The van der Waals surface area contributed by atoms with Crippen LogP contribution >= 0.6 is 0 Å². The van der Waals surface area contributed by atoms with E-state index in [9.17, 15) is 9.59 Å². The maximum absolute atomic E-state index is 13.3. The van der Waals surface area contributed by atoms with E-state index < -0.39 is 0 Å². The maximum Gasteiger partial charge on any atom is 0.307 e. The molecule has 0 aromatic rings. The fourth-order valence-corrected chi connectivity index (χ4v) is 5.62. The Morgan fingerprint density at radius 1 is 1.05 bits per heavy atom. The standard InChI is InChI=1S/C18H29NO3/c1-3-5-19(6-4-16(20)22-2)17(21)18-10-13-7-14(11-18)9-15(8-13)12-18/h13-15H,3-12H2,1-2H3. The topological polar surface area (TPSA) is 46.6 Å². The predicted molar refractivity (Wildman–Crippen MR) is 84.1 cm³/mol. The Balaban J connectivity index is 1.71. The van der Waals surface area contributed by atoms with E-state index in [1.54, 1.807) is 0 Å². The van der Waals surface area contributed by atoms with Crippen molar-refractivity contribution < 1.29 is 14.3 Å². The molecule has 22 heavy (non-hydrogen) atoms. The first-order valence-electron chi connectivity index (χ1n) is 8.92. The lowest BCUT2D eigenvalue weighted by Crippen LogP contribution is -2.55. The number of hydrogen-bond acceptors (Lipinski definition) is 3. The van der Waals surface area contributed by atoms with Crippen molar-refractivity contribution in [1.29, 1.82) is 0 Å². The number of hydrogen-bond donors (Lipinski definition) is 0. The van der Waals surface area contributed by atoms with Crippen LogP contribution in [0, 0.1) is 23.2 Å². The molecule has 0 aromatic carbocycles. The molecule has 0 unspecified atom stereocenters. The summed E-state index contributed by atoms with van der Waals surface area (Å²) in [6.07, 6.45) is 8.59. The minimum absolute atomic E-state index is 0.0972. The second-order valence-corrected chi connectivity index (χ2v) is 7.82. The van der Waals surface area contributed by atoms with Gasteiger partial charge in [-0.2, -0.15) is 0 Å². The Bertz CT molecular complexity index is 410. The monoisotopic (exact) mass is 307 g/mol. The van der Waals surface area contributed by atoms with E-state index in [0.29, 0.717) is 18.9 Å². The van der Waals surface area contributed by atoms with Gasteiger partial charge >= 0.3 is 5.97 Å². The molecule has 4 aliphatic carbocycles. The first kappa shape index (κ1) is 15.8. The van der Waals surface area contributed by atoms with Crippen molar-refractivity contribution in [1.82, 2.24) is 4.90 Å². The summed E-state index contributed by atoms with van der Waals surface area (Å²) in [6.45, 7) is 3.37. The third-order valence-electron chi connectivity index (χ3n) is 6.09. The van der Waals surface area contributed by atoms with Gasteiger partial charge in [0.25, 0.3) is 0 Å². The van der Waals surface area contributed by atoms with E-state index >= 15 is 0 Å². The highest BCUT2D eigenvalue weighted by Gasteiger charge is 2.55. The summed E-state index contributed by atoms with van der Waals surface area (Å²) in [6, 6.07) is 0. The van der Waals surface area contributed by atoms with E-state index in [-0.39, 0.29) is 11.4 Å². The van der Waals surface area contributed by atoms with E-state index in [1.165, 1.54) is 26.4 Å². The minimum Gasteiger partial charge on any atom is -0.469 e. The fourth-order valence-electron chi connectivity index (χ4n) is 5.62. The van der Waals surface area contributed by atoms with Crippen LogP contribution in [0.3, 0.4) is 0 Å². The van der Waals surface area contributed by atoms with Gasteiger partial charge in [0, 0.05) is 13.1 Å². The van der Waals surface area contributed by atoms with Gasteiger partial charge in [0.1, 0.15) is 0 Å². The zero-order chi connectivity index (χ0) is 15.7. The molecule has 0 N–H and O–H groups in total. The van der Waals surface area contributed by atoms with Crippen molar-refractivity contribution in [2.75, 3.05) is 20.2 Å². The number of carbonyl (C=O) groups is 2. The molecule has 124 valence electrons. The second kappa shape index (κ2) is 6.21. The quantitative estimate of drug-likeness (QED) is 0.709. The van der Waals surface area contributed by atoms with Crippen molar-refractivity contribution in [3.05, 3.63) is 0 Å². The summed E-state index contributed by atoms with van der Waals surface area (Å²) in [4.78, 5) is 26.6. The summed E-state index contributed by atoms with van der Waals surface area (Å²) in [5, 5.41) is 0. The van der Waals surface area contributed by atoms with Crippen LogP contribution in [0.25, 0.3) is 0 Å². The Kier molecular flexibility index (Phi) is 4.47. The van der Waals surface area contributed by atoms with Crippen LogP contribution in [0.4, 0.5) is 0 Å². The molecule has 0 aliphatic heterocycles. The molecule has 4 rings (SSSR count). The molecule has 4 aliphatic rings. The van der Waals surface area contributed by atoms with Crippen molar-refractivity contribution in [3.63, 3.8) is 0 Å². The molecule has 4 saturated carbocycles. The smallest absolute Gasteiger partial charge is 0.307 e. The van der Waals surface area contributed by atoms with Crippen molar-refractivity contribution in [2.45, 2.75) is 58.3 Å². The van der Waals surface area contributed by atoms with Crippen LogP contribution in [0.5, 0.6) is 0 Å². The summed E-state index contributed by atoms with van der Waals surface area (Å²) in [7, 11) is 1.41. The number of methoxy groups -OCH3 is 1. The SMILES string of the molecule is CCCN(CCC(=O)OC)C(=O)C12CC3CC(CC(C3)C1)C2. The van der Waals surface area contributed by atoms with Crippen LogP contribution in [0.2, 0.25) is 0 Å². The Morgan fingerprint density at radius 2 is 1.59 bits per heavy atom. The van der Waals surface area contributed by atoms with Crippen LogP contribution in [0.1, 0.15) is 58.3 Å². The molecule has 0 heterocycles. The van der Waals surface area contributed by atoms with Crippen LogP contribution in [0.15, 0.2) is 0 Å². The molecule has 0 spiro atoms. The van der Waals surface area contributed by atoms with Gasteiger partial charge in [-0.05, 0) is 62.7 Å². The summed E-state index contributed by atoms with van der Waals surface area (Å²) in [5.74, 6) is 2.44. The average molecular weight is 307 g/mol. The first-order chi connectivity index (χ1) is 10.6. The van der Waals surface area contributed by atoms with E-state index in [0.717, 1.165) is 50.0 Å². The Hall–Kier alpha value is -1.06. The molecule has 0 aromatic heterocycles. The third-order valence-corrected chi connectivity index (χ3v) is 6.09. The van der Waals surface area contributed by atoms with Gasteiger partial charge in [0.15, 0.2) is 0 Å². The Morgan fingerprint density at radius 3 is 2.05 bits per heavy atom. The van der Waals surface area contributed by atoms with E-state index in [4.69, 9.17) is 4.74 Å². The van der Waals surface area contributed by atoms with Gasteiger partial charge in [0.05, 0.1) is 18.9 Å². The minimum atomic E-state index is -0.223. The number of nitrogens with zero attached hydrogens (tertiary/aromatic N) is 1. The number of amides is 1. The molecule has 4 fully saturated rings. The molecule has 0 saturated heterocycles. The van der Waals surface area contributed by atoms with Crippen molar-refractivity contribution in [2.24, 2.45) is 23.2 Å². The molecular weight excluding hydrogens is 278 g/mol. The van der Waals surface area contributed by atoms with E-state index in [2.05, 4.69) is 6.92 Å². The fraction of sp³-hybridized carbons (Fsp3) is 0.889. The summed E-state index contributed by atoms with van der Waals surface area (Å²) < 4.78 is 4.73. The van der Waals surface area contributed by atoms with Gasteiger partial charge in [-0.15, -0.1) is 0 Å². The van der Waals surface area contributed by atoms with Crippen molar-refractivity contribution >= 4 is 11.9 Å². The van der Waals surface area contributed by atoms with E-state index in [1.807, 2.05) is 4.90 Å². The lowest BCUT2D eigenvalue weighted by molar-refractivity contribution is -0.158. The third kappa shape index (κ3) is 2.89. The number of esters is 1. The second-order valence-electron chi connectivity index (χ2n) is 7.82. The molecule has 4 bridgehead atoms. The highest BCUT2D eigenvalue weighted by molar-refractivity contribution is 5.84. The number of ether oxygens (including phenoxy) is 1. The van der Waals surface area contributed by atoms with Gasteiger partial charge in [0.2, 0.25) is 5.91 Å². The first-order valence-corrected chi connectivity index (χ1v) is 8.92. The molecule has 1 amide bonds. The zero-order valence-corrected chi connectivity index (χ0v) is 14.0. The van der Waals surface area contributed by atoms with Crippen LogP contribution in [-0.4, -0.2) is 37.0 Å². The largest absolute Gasteiger partial charge is 0.469 e. The van der Waals surface area contributed by atoms with Crippen LogP contribution < -0.4 is 0 Å². The highest BCUT2D eigenvalue weighted by Crippen LogP contribution is 2.60. The molecule has 0 radical (unpaired) electrons. The van der Waals surface area contributed by atoms with Crippen molar-refractivity contribution in [3.8, 4) is 0 Å². The normalized spacial score (nSPS) is 35.5. The van der Waals surface area contributed by atoms with Gasteiger partial charge in [-0.25, -0.2) is 0 Å². The lowest BCUT2D eigenvalue weighted by Gasteiger charge is -2.56. The summed E-state index contributed by atoms with van der Waals surface area (Å²) in [5.41, 5.74) is -0.0972. The number of rotatable bonds is 6. The molecule has 4 heteroatoms.